The molecule has 1 aliphatic heterocycles. The predicted molar refractivity (Wildman–Crippen MR) is 125 cm³/mol. The first kappa shape index (κ1) is 23.6. The van der Waals surface area contributed by atoms with Crippen LogP contribution in [0, 0.1) is 0 Å². The topological polar surface area (TPSA) is 94.2 Å². The SMILES string of the molecule is C=CCOc1ccc(/C=C2/C(=O)NC(=O)N(c3ccc(OCCCC)cc3)C2=O)cc1OC. The number of nitrogens with zero attached hydrogens (tertiary/aromatic N) is 1. The minimum Gasteiger partial charge on any atom is -0.494 e. The predicted octanol–water partition coefficient (Wildman–Crippen LogP) is 4.11. The van der Waals surface area contributed by atoms with Gasteiger partial charge in [-0.15, -0.1) is 0 Å². The zero-order valence-electron chi connectivity index (χ0n) is 18.6. The van der Waals surface area contributed by atoms with Gasteiger partial charge < -0.3 is 14.2 Å². The van der Waals surface area contributed by atoms with Gasteiger partial charge >= 0.3 is 6.03 Å². The summed E-state index contributed by atoms with van der Waals surface area (Å²) >= 11 is 0. The van der Waals surface area contributed by atoms with Crippen LogP contribution in [0.5, 0.6) is 17.2 Å². The summed E-state index contributed by atoms with van der Waals surface area (Å²) < 4.78 is 16.5. The van der Waals surface area contributed by atoms with E-state index in [0.717, 1.165) is 17.7 Å². The van der Waals surface area contributed by atoms with Gasteiger partial charge in [-0.3, -0.25) is 14.9 Å². The molecule has 1 saturated heterocycles. The maximum atomic E-state index is 13.1. The molecule has 0 aromatic heterocycles. The van der Waals surface area contributed by atoms with Crippen LogP contribution < -0.4 is 24.4 Å². The summed E-state index contributed by atoms with van der Waals surface area (Å²) in [6.07, 6.45) is 4.95. The molecule has 0 bridgehead atoms. The van der Waals surface area contributed by atoms with Crippen molar-refractivity contribution < 1.29 is 28.6 Å². The zero-order chi connectivity index (χ0) is 23.8. The largest absolute Gasteiger partial charge is 0.494 e. The molecule has 0 aliphatic carbocycles. The molecule has 0 saturated carbocycles. The number of ether oxygens (including phenoxy) is 3. The van der Waals surface area contributed by atoms with Crippen LogP contribution in [0.15, 0.2) is 60.7 Å². The van der Waals surface area contributed by atoms with Crippen molar-refractivity contribution in [3.63, 3.8) is 0 Å². The first-order valence-electron chi connectivity index (χ1n) is 10.5. The molecular formula is C25H26N2O6. The normalized spacial score (nSPS) is 14.8. The Morgan fingerprint density at radius 1 is 1.03 bits per heavy atom. The Bertz CT molecular complexity index is 1070. The molecule has 1 N–H and O–H groups in total. The second-order valence-corrected chi connectivity index (χ2v) is 7.16. The summed E-state index contributed by atoms with van der Waals surface area (Å²) in [6, 6.07) is 10.7. The van der Waals surface area contributed by atoms with Gasteiger partial charge in [-0.25, -0.2) is 9.69 Å². The molecule has 8 nitrogen and oxygen atoms in total. The lowest BCUT2D eigenvalue weighted by atomic mass is 10.1. The van der Waals surface area contributed by atoms with Crippen LogP contribution in [-0.2, 0) is 9.59 Å². The van der Waals surface area contributed by atoms with E-state index in [1.807, 2.05) is 0 Å². The third kappa shape index (κ3) is 5.60. The minimum absolute atomic E-state index is 0.181. The number of nitrogens with one attached hydrogen (secondary N) is 1. The van der Waals surface area contributed by atoms with Crippen LogP contribution in [0.3, 0.4) is 0 Å². The molecule has 1 heterocycles. The Kier molecular flexibility index (Phi) is 7.86. The van der Waals surface area contributed by atoms with Crippen LogP contribution in [0.1, 0.15) is 25.3 Å². The number of methoxy groups -OCH3 is 1. The summed E-state index contributed by atoms with van der Waals surface area (Å²) in [7, 11) is 1.49. The molecular weight excluding hydrogens is 424 g/mol. The van der Waals surface area contributed by atoms with E-state index in [4.69, 9.17) is 14.2 Å². The molecule has 8 heteroatoms. The quantitative estimate of drug-likeness (QED) is 0.253. The van der Waals surface area contributed by atoms with Gasteiger partial charge in [0, 0.05) is 0 Å². The van der Waals surface area contributed by atoms with Gasteiger partial charge in [-0.2, -0.15) is 0 Å². The van der Waals surface area contributed by atoms with Crippen molar-refractivity contribution in [2.75, 3.05) is 25.2 Å². The molecule has 4 amide bonds. The summed E-state index contributed by atoms with van der Waals surface area (Å²) in [5.74, 6) is 0.0642. The number of hydrogen-bond donors (Lipinski definition) is 1. The summed E-state index contributed by atoms with van der Waals surface area (Å²) in [4.78, 5) is 38.9. The lowest BCUT2D eigenvalue weighted by Gasteiger charge is -2.26. The Morgan fingerprint density at radius 3 is 2.45 bits per heavy atom. The molecule has 1 fully saturated rings. The van der Waals surface area contributed by atoms with E-state index in [1.165, 1.54) is 13.2 Å². The number of carbonyl (C=O) groups is 3. The number of barbiturate groups is 1. The summed E-state index contributed by atoms with van der Waals surface area (Å²) in [5, 5.41) is 2.21. The molecule has 2 aromatic carbocycles. The average molecular weight is 450 g/mol. The van der Waals surface area contributed by atoms with Gasteiger partial charge in [-0.1, -0.05) is 32.1 Å². The number of carbonyl (C=O) groups excluding carboxylic acids is 3. The van der Waals surface area contributed by atoms with Crippen molar-refractivity contribution in [2.45, 2.75) is 19.8 Å². The van der Waals surface area contributed by atoms with Crippen molar-refractivity contribution in [1.29, 1.82) is 0 Å². The first-order valence-corrected chi connectivity index (χ1v) is 10.5. The van der Waals surface area contributed by atoms with E-state index in [9.17, 15) is 14.4 Å². The fourth-order valence-corrected chi connectivity index (χ4v) is 3.13. The fraction of sp³-hybridized carbons (Fsp3) is 0.240. The molecule has 33 heavy (non-hydrogen) atoms. The third-order valence-corrected chi connectivity index (χ3v) is 4.82. The number of hydrogen-bond acceptors (Lipinski definition) is 6. The van der Waals surface area contributed by atoms with Gasteiger partial charge in [0.05, 0.1) is 19.4 Å². The number of amides is 4. The van der Waals surface area contributed by atoms with E-state index < -0.39 is 17.8 Å². The highest BCUT2D eigenvalue weighted by Gasteiger charge is 2.36. The molecule has 0 radical (unpaired) electrons. The highest BCUT2D eigenvalue weighted by Crippen LogP contribution is 2.30. The molecule has 0 unspecified atom stereocenters. The number of benzene rings is 2. The van der Waals surface area contributed by atoms with Crippen LogP contribution in [0.2, 0.25) is 0 Å². The van der Waals surface area contributed by atoms with Crippen molar-refractivity contribution in [3.05, 3.63) is 66.3 Å². The Balaban J connectivity index is 1.86. The number of imide groups is 2. The number of urea groups is 1. The Labute approximate surface area is 192 Å². The van der Waals surface area contributed by atoms with Crippen molar-refractivity contribution in [1.82, 2.24) is 5.32 Å². The standard InChI is InChI=1S/C25H26N2O6/c1-4-6-14-32-19-10-8-18(9-11-19)27-24(29)20(23(28)26-25(27)30)15-17-7-12-21(33-13-5-2)22(16-17)31-3/h5,7-12,15-16H,2,4,6,13-14H2,1,3H3,(H,26,28,30)/b20-15-. The number of rotatable bonds is 10. The lowest BCUT2D eigenvalue weighted by molar-refractivity contribution is -0.122. The van der Waals surface area contributed by atoms with Crippen LogP contribution in [-0.4, -0.2) is 38.2 Å². The highest BCUT2D eigenvalue weighted by molar-refractivity contribution is 6.39. The minimum atomic E-state index is -0.812. The van der Waals surface area contributed by atoms with Crippen LogP contribution in [0.25, 0.3) is 6.08 Å². The van der Waals surface area contributed by atoms with Crippen LogP contribution >= 0.6 is 0 Å². The van der Waals surface area contributed by atoms with Gasteiger partial charge in [0.1, 0.15) is 17.9 Å². The van der Waals surface area contributed by atoms with E-state index in [0.29, 0.717) is 41.7 Å². The molecule has 3 rings (SSSR count). The summed E-state index contributed by atoms with van der Waals surface area (Å²) in [5.41, 5.74) is 0.675. The molecule has 172 valence electrons. The Morgan fingerprint density at radius 2 is 1.79 bits per heavy atom. The molecule has 2 aromatic rings. The highest BCUT2D eigenvalue weighted by atomic mass is 16.5. The first-order chi connectivity index (χ1) is 16.0. The molecule has 0 spiro atoms. The van der Waals surface area contributed by atoms with Gasteiger partial charge in [0.2, 0.25) is 0 Å². The number of unbranched alkanes of at least 4 members (excludes halogenated alkanes) is 1. The second-order valence-electron chi connectivity index (χ2n) is 7.16. The Hall–Kier alpha value is -4.07. The average Bonchev–Trinajstić information content (AvgIpc) is 2.81. The van der Waals surface area contributed by atoms with Gasteiger partial charge in [0.25, 0.3) is 11.8 Å². The summed E-state index contributed by atoms with van der Waals surface area (Å²) in [6.45, 7) is 6.56. The fourth-order valence-electron chi connectivity index (χ4n) is 3.13. The van der Waals surface area contributed by atoms with Crippen molar-refractivity contribution >= 4 is 29.6 Å². The lowest BCUT2D eigenvalue weighted by Crippen LogP contribution is -2.54. The van der Waals surface area contributed by atoms with E-state index in [2.05, 4.69) is 18.8 Å². The second kappa shape index (κ2) is 11.0. The molecule has 0 atom stereocenters. The molecule has 1 aliphatic rings. The zero-order valence-corrected chi connectivity index (χ0v) is 18.6. The van der Waals surface area contributed by atoms with Crippen LogP contribution in [0.4, 0.5) is 10.5 Å². The van der Waals surface area contributed by atoms with E-state index in [-0.39, 0.29) is 5.57 Å². The number of anilines is 1. The van der Waals surface area contributed by atoms with Gasteiger partial charge in [0.15, 0.2) is 11.5 Å². The van der Waals surface area contributed by atoms with Gasteiger partial charge in [-0.05, 0) is 54.5 Å². The maximum absolute atomic E-state index is 13.1. The van der Waals surface area contributed by atoms with E-state index in [1.54, 1.807) is 48.5 Å². The monoisotopic (exact) mass is 450 g/mol. The van der Waals surface area contributed by atoms with E-state index >= 15 is 0 Å². The third-order valence-electron chi connectivity index (χ3n) is 4.82. The van der Waals surface area contributed by atoms with Crippen molar-refractivity contribution in [3.8, 4) is 17.2 Å². The van der Waals surface area contributed by atoms with Crippen molar-refractivity contribution in [2.24, 2.45) is 0 Å². The maximum Gasteiger partial charge on any atom is 0.335 e. The smallest absolute Gasteiger partial charge is 0.335 e.